The van der Waals surface area contributed by atoms with Crippen molar-refractivity contribution in [2.45, 2.75) is 32.7 Å². The van der Waals surface area contributed by atoms with Gasteiger partial charge in [0.25, 0.3) is 0 Å². The Morgan fingerprint density at radius 3 is 2.21 bits per heavy atom. The molecule has 3 atom stereocenters. The Bertz CT molecular complexity index is 379. The molecule has 0 spiro atoms. The van der Waals surface area contributed by atoms with Crippen LogP contribution < -0.4 is 5.32 Å². The zero-order valence-electron chi connectivity index (χ0n) is 11.8. The van der Waals surface area contributed by atoms with Gasteiger partial charge in [0.15, 0.2) is 0 Å². The zero-order valence-corrected chi connectivity index (χ0v) is 11.8. The van der Waals surface area contributed by atoms with Gasteiger partial charge in [0.05, 0.1) is 11.8 Å². The highest BCUT2D eigenvalue weighted by atomic mass is 16.4. The second-order valence-corrected chi connectivity index (χ2v) is 5.71. The molecule has 3 unspecified atom stereocenters. The molecule has 0 radical (unpaired) electrons. The summed E-state index contributed by atoms with van der Waals surface area (Å²) in [7, 11) is 3.28. The van der Waals surface area contributed by atoms with Gasteiger partial charge in [-0.1, -0.05) is 13.8 Å². The predicted molar refractivity (Wildman–Crippen MR) is 69.3 cm³/mol. The third kappa shape index (κ3) is 4.22. The minimum absolute atomic E-state index is 0.158. The van der Waals surface area contributed by atoms with Crippen molar-refractivity contribution in [3.05, 3.63) is 0 Å². The standard InChI is InChI=1S/C13H22N2O4/c1-7(2)5-10(12(17)15(3)4)14-11(16)8-6-9(8)13(18)19/h7-10H,5-6H2,1-4H3,(H,14,16)(H,18,19). The number of rotatable bonds is 6. The van der Waals surface area contributed by atoms with Crippen LogP contribution in [0.4, 0.5) is 0 Å². The summed E-state index contributed by atoms with van der Waals surface area (Å²) in [5.74, 6) is -2.23. The van der Waals surface area contributed by atoms with Crippen molar-refractivity contribution in [1.82, 2.24) is 10.2 Å². The summed E-state index contributed by atoms with van der Waals surface area (Å²) < 4.78 is 0. The van der Waals surface area contributed by atoms with Crippen LogP contribution in [-0.4, -0.2) is 47.9 Å². The summed E-state index contributed by atoms with van der Waals surface area (Å²) in [6, 6.07) is -0.572. The molecule has 19 heavy (non-hydrogen) atoms. The number of carboxylic acid groups (broad SMARTS) is 1. The van der Waals surface area contributed by atoms with E-state index in [1.807, 2.05) is 13.8 Å². The van der Waals surface area contributed by atoms with Gasteiger partial charge in [-0.25, -0.2) is 0 Å². The summed E-state index contributed by atoms with van der Waals surface area (Å²) in [5.41, 5.74) is 0. The summed E-state index contributed by atoms with van der Waals surface area (Å²) in [6.45, 7) is 3.94. The normalized spacial score (nSPS) is 22.8. The maximum Gasteiger partial charge on any atom is 0.307 e. The largest absolute Gasteiger partial charge is 0.481 e. The van der Waals surface area contributed by atoms with E-state index in [9.17, 15) is 14.4 Å². The van der Waals surface area contributed by atoms with Crippen LogP contribution in [0.2, 0.25) is 0 Å². The molecule has 2 amide bonds. The van der Waals surface area contributed by atoms with E-state index in [2.05, 4.69) is 5.32 Å². The van der Waals surface area contributed by atoms with E-state index in [0.717, 1.165) is 0 Å². The lowest BCUT2D eigenvalue weighted by atomic mass is 10.0. The van der Waals surface area contributed by atoms with Gasteiger partial charge in [-0.3, -0.25) is 14.4 Å². The highest BCUT2D eigenvalue weighted by molar-refractivity contribution is 5.93. The number of amides is 2. The second kappa shape index (κ2) is 6.04. The third-order valence-electron chi connectivity index (χ3n) is 3.21. The molecule has 1 rings (SSSR count). The fraction of sp³-hybridized carbons (Fsp3) is 0.769. The van der Waals surface area contributed by atoms with Crippen molar-refractivity contribution in [1.29, 1.82) is 0 Å². The highest BCUT2D eigenvalue weighted by Crippen LogP contribution is 2.38. The van der Waals surface area contributed by atoms with Crippen molar-refractivity contribution < 1.29 is 19.5 Å². The highest BCUT2D eigenvalue weighted by Gasteiger charge is 2.49. The molecule has 0 aromatic carbocycles. The summed E-state index contributed by atoms with van der Waals surface area (Å²) >= 11 is 0. The SMILES string of the molecule is CC(C)CC(NC(=O)C1CC1C(=O)O)C(=O)N(C)C. The minimum Gasteiger partial charge on any atom is -0.481 e. The van der Waals surface area contributed by atoms with Crippen molar-refractivity contribution in [2.75, 3.05) is 14.1 Å². The quantitative estimate of drug-likeness (QED) is 0.728. The Kier molecular flexibility index (Phi) is 4.91. The van der Waals surface area contributed by atoms with Crippen LogP contribution in [0.15, 0.2) is 0 Å². The molecular weight excluding hydrogens is 248 g/mol. The van der Waals surface area contributed by atoms with Gasteiger partial charge in [0, 0.05) is 14.1 Å². The van der Waals surface area contributed by atoms with Gasteiger partial charge < -0.3 is 15.3 Å². The maximum absolute atomic E-state index is 12.0. The van der Waals surface area contributed by atoms with Crippen molar-refractivity contribution >= 4 is 17.8 Å². The van der Waals surface area contributed by atoms with Crippen molar-refractivity contribution in [3.8, 4) is 0 Å². The molecule has 0 aromatic heterocycles. The molecule has 2 N–H and O–H groups in total. The van der Waals surface area contributed by atoms with Gasteiger partial charge in [-0.2, -0.15) is 0 Å². The molecule has 1 fully saturated rings. The molecular formula is C13H22N2O4. The topological polar surface area (TPSA) is 86.7 Å². The number of nitrogens with zero attached hydrogens (tertiary/aromatic N) is 1. The van der Waals surface area contributed by atoms with Gasteiger partial charge >= 0.3 is 5.97 Å². The number of aliphatic carboxylic acids is 1. The van der Waals surface area contributed by atoms with E-state index < -0.39 is 23.8 Å². The Morgan fingerprint density at radius 2 is 1.84 bits per heavy atom. The van der Waals surface area contributed by atoms with E-state index in [0.29, 0.717) is 12.8 Å². The van der Waals surface area contributed by atoms with Gasteiger partial charge in [0.2, 0.25) is 11.8 Å². The maximum atomic E-state index is 12.0. The summed E-state index contributed by atoms with van der Waals surface area (Å²) in [4.78, 5) is 36.0. The molecule has 0 saturated heterocycles. The van der Waals surface area contributed by atoms with Gasteiger partial charge in [-0.15, -0.1) is 0 Å². The number of carbonyl (C=O) groups excluding carboxylic acids is 2. The van der Waals surface area contributed by atoms with Crippen molar-refractivity contribution in [3.63, 3.8) is 0 Å². The number of likely N-dealkylation sites (N-methyl/N-ethyl adjacent to an activating group) is 1. The van der Waals surface area contributed by atoms with Crippen LogP contribution in [0.3, 0.4) is 0 Å². The third-order valence-corrected chi connectivity index (χ3v) is 3.21. The lowest BCUT2D eigenvalue weighted by molar-refractivity contribution is -0.140. The number of nitrogens with one attached hydrogen (secondary N) is 1. The number of hydrogen-bond acceptors (Lipinski definition) is 3. The molecule has 6 nitrogen and oxygen atoms in total. The minimum atomic E-state index is -0.945. The Labute approximate surface area is 113 Å². The van der Waals surface area contributed by atoms with Crippen LogP contribution in [0, 0.1) is 17.8 Å². The van der Waals surface area contributed by atoms with E-state index in [4.69, 9.17) is 5.11 Å². The monoisotopic (exact) mass is 270 g/mol. The molecule has 1 saturated carbocycles. The zero-order chi connectivity index (χ0) is 14.7. The number of carbonyl (C=O) groups is 3. The number of carboxylic acids is 1. The Hall–Kier alpha value is -1.59. The predicted octanol–water partition coefficient (Wildman–Crippen LogP) is 0.326. The van der Waals surface area contributed by atoms with Crippen LogP contribution in [0.25, 0.3) is 0 Å². The fourth-order valence-electron chi connectivity index (χ4n) is 2.04. The molecule has 0 heterocycles. The van der Waals surface area contributed by atoms with Crippen LogP contribution >= 0.6 is 0 Å². The average Bonchev–Trinajstić information content (AvgIpc) is 3.06. The Morgan fingerprint density at radius 1 is 1.26 bits per heavy atom. The first-order valence-electron chi connectivity index (χ1n) is 6.48. The smallest absolute Gasteiger partial charge is 0.307 e. The van der Waals surface area contributed by atoms with Crippen molar-refractivity contribution in [2.24, 2.45) is 17.8 Å². The lowest BCUT2D eigenvalue weighted by Gasteiger charge is -2.23. The average molecular weight is 270 g/mol. The molecule has 0 aromatic rings. The van der Waals surface area contributed by atoms with E-state index in [1.54, 1.807) is 14.1 Å². The Balaban J connectivity index is 2.60. The summed E-state index contributed by atoms with van der Waals surface area (Å²) in [6.07, 6.45) is 0.916. The second-order valence-electron chi connectivity index (χ2n) is 5.71. The first-order chi connectivity index (χ1) is 8.73. The van der Waals surface area contributed by atoms with E-state index in [-0.39, 0.29) is 17.7 Å². The first-order valence-corrected chi connectivity index (χ1v) is 6.48. The first kappa shape index (κ1) is 15.5. The molecule has 0 aliphatic heterocycles. The fourth-order valence-corrected chi connectivity index (χ4v) is 2.04. The molecule has 6 heteroatoms. The number of hydrogen-bond donors (Lipinski definition) is 2. The summed E-state index contributed by atoms with van der Waals surface area (Å²) in [5, 5.41) is 11.5. The van der Waals surface area contributed by atoms with E-state index in [1.165, 1.54) is 4.90 Å². The molecule has 1 aliphatic carbocycles. The van der Waals surface area contributed by atoms with Crippen LogP contribution in [0.1, 0.15) is 26.7 Å². The lowest BCUT2D eigenvalue weighted by Crippen LogP contribution is -2.47. The van der Waals surface area contributed by atoms with E-state index >= 15 is 0 Å². The molecule has 1 aliphatic rings. The van der Waals surface area contributed by atoms with Crippen LogP contribution in [-0.2, 0) is 14.4 Å². The molecule has 0 bridgehead atoms. The van der Waals surface area contributed by atoms with Crippen LogP contribution in [0.5, 0.6) is 0 Å². The van der Waals surface area contributed by atoms with Gasteiger partial charge in [-0.05, 0) is 18.8 Å². The van der Waals surface area contributed by atoms with Gasteiger partial charge in [0.1, 0.15) is 6.04 Å². The molecule has 108 valence electrons.